The number of hydrogen-bond acceptors (Lipinski definition) is 3. The van der Waals surface area contributed by atoms with E-state index in [1.165, 1.54) is 18.2 Å². The molecule has 3 unspecified atom stereocenters. The number of nitrogens with one attached hydrogen (secondary N) is 1. The van der Waals surface area contributed by atoms with Gasteiger partial charge in [0.05, 0.1) is 11.3 Å². The van der Waals surface area contributed by atoms with Crippen LogP contribution in [0.2, 0.25) is 0 Å². The van der Waals surface area contributed by atoms with E-state index in [4.69, 9.17) is 0 Å². The number of carbonyl (C=O) groups excluding carboxylic acids is 1. The average Bonchev–Trinajstić information content (AvgIpc) is 3.58. The highest BCUT2D eigenvalue weighted by molar-refractivity contribution is 7.89. The predicted molar refractivity (Wildman–Crippen MR) is 119 cm³/mol. The fourth-order valence-corrected chi connectivity index (χ4v) is 5.53. The van der Waals surface area contributed by atoms with Gasteiger partial charge in [0, 0.05) is 25.0 Å². The molecule has 5 nitrogen and oxygen atoms in total. The first-order chi connectivity index (χ1) is 15.3. The number of likely N-dealkylation sites (tertiary alicyclic amines) is 1. The van der Waals surface area contributed by atoms with Crippen LogP contribution in [0.5, 0.6) is 0 Å². The minimum absolute atomic E-state index is 0.0396. The third-order valence-corrected chi connectivity index (χ3v) is 7.92. The zero-order chi connectivity index (χ0) is 22.9. The molecule has 32 heavy (non-hydrogen) atoms. The van der Waals surface area contributed by atoms with Gasteiger partial charge in [0.25, 0.3) is 0 Å². The molecule has 2 aromatic carbocycles. The summed E-state index contributed by atoms with van der Waals surface area (Å²) in [5.74, 6) is -1.44. The van der Waals surface area contributed by atoms with E-state index in [-0.39, 0.29) is 35.1 Å². The number of nitrogens with zero attached hydrogens (tertiary/aromatic N) is 1. The highest BCUT2D eigenvalue weighted by atomic mass is 32.2. The number of halogens is 2. The molecule has 2 fully saturated rings. The Morgan fingerprint density at radius 1 is 1.06 bits per heavy atom. The van der Waals surface area contributed by atoms with Crippen molar-refractivity contribution in [2.24, 2.45) is 5.92 Å². The summed E-state index contributed by atoms with van der Waals surface area (Å²) in [6, 6.07) is 10.8. The van der Waals surface area contributed by atoms with E-state index in [0.717, 1.165) is 12.0 Å². The molecule has 2 aromatic rings. The maximum absolute atomic E-state index is 14.4. The standard InChI is InChI=1S/C24H28F2N2O3S/c1-2-32(30,31)27-16-7-6-13-28(14-12-16)24(29)20-15-19(20)17-8-3-4-9-18(17)23-21(25)10-5-11-22(23)26/h3-5,8-11,16,19-20,27H,2,6-7,12-15H2,1H3. The van der Waals surface area contributed by atoms with Crippen LogP contribution < -0.4 is 4.72 Å². The third kappa shape index (κ3) is 4.86. The minimum atomic E-state index is -3.27. The van der Waals surface area contributed by atoms with Crippen LogP contribution >= 0.6 is 0 Å². The number of benzene rings is 2. The zero-order valence-corrected chi connectivity index (χ0v) is 18.9. The van der Waals surface area contributed by atoms with Gasteiger partial charge in [-0.25, -0.2) is 21.9 Å². The summed E-state index contributed by atoms with van der Waals surface area (Å²) in [5, 5.41) is 0. The molecular weight excluding hydrogens is 434 g/mol. The molecule has 1 aliphatic heterocycles. The Morgan fingerprint density at radius 2 is 1.78 bits per heavy atom. The molecule has 1 heterocycles. The second-order valence-electron chi connectivity index (χ2n) is 8.61. The van der Waals surface area contributed by atoms with E-state index < -0.39 is 21.7 Å². The largest absolute Gasteiger partial charge is 0.342 e. The lowest BCUT2D eigenvalue weighted by molar-refractivity contribution is -0.132. The number of amides is 1. The van der Waals surface area contributed by atoms with Crippen LogP contribution in [0.15, 0.2) is 42.5 Å². The monoisotopic (exact) mass is 462 g/mol. The first-order valence-electron chi connectivity index (χ1n) is 11.1. The summed E-state index contributed by atoms with van der Waals surface area (Å²) in [5.41, 5.74) is 1.23. The van der Waals surface area contributed by atoms with Crippen LogP contribution in [0, 0.1) is 17.6 Å². The molecule has 1 saturated heterocycles. The van der Waals surface area contributed by atoms with E-state index in [0.29, 0.717) is 37.9 Å². The summed E-state index contributed by atoms with van der Waals surface area (Å²) in [6.45, 7) is 2.70. The molecule has 1 amide bonds. The van der Waals surface area contributed by atoms with E-state index in [1.54, 1.807) is 19.1 Å². The Hall–Kier alpha value is -2.32. The molecule has 2 aliphatic rings. The SMILES string of the molecule is CCS(=O)(=O)NC1CCCN(C(=O)C2CC2c2ccccc2-c2c(F)cccc2F)CC1. The van der Waals surface area contributed by atoms with Crippen LogP contribution in [-0.4, -0.2) is 44.1 Å². The van der Waals surface area contributed by atoms with Crippen LogP contribution in [0.3, 0.4) is 0 Å². The van der Waals surface area contributed by atoms with Gasteiger partial charge < -0.3 is 4.90 Å². The summed E-state index contributed by atoms with van der Waals surface area (Å²) in [4.78, 5) is 15.0. The third-order valence-electron chi connectivity index (χ3n) is 6.47. The van der Waals surface area contributed by atoms with Crippen molar-refractivity contribution < 1.29 is 22.0 Å². The number of rotatable bonds is 6. The van der Waals surface area contributed by atoms with E-state index >= 15 is 0 Å². The molecule has 0 bridgehead atoms. The van der Waals surface area contributed by atoms with Crippen molar-refractivity contribution >= 4 is 15.9 Å². The van der Waals surface area contributed by atoms with Gasteiger partial charge in [0.2, 0.25) is 15.9 Å². The molecule has 1 N–H and O–H groups in total. The molecule has 4 rings (SSSR count). The van der Waals surface area contributed by atoms with Crippen LogP contribution in [-0.2, 0) is 14.8 Å². The Labute approximate surface area is 187 Å². The summed E-state index contributed by atoms with van der Waals surface area (Å²) in [6.07, 6.45) is 2.66. The predicted octanol–water partition coefficient (Wildman–Crippen LogP) is 4.06. The fourth-order valence-electron chi connectivity index (χ4n) is 4.62. The molecule has 8 heteroatoms. The second kappa shape index (κ2) is 9.27. The van der Waals surface area contributed by atoms with Gasteiger partial charge in [-0.2, -0.15) is 0 Å². The Balaban J connectivity index is 1.46. The molecular formula is C24H28F2N2O3S. The Kier molecular flexibility index (Phi) is 6.62. The maximum atomic E-state index is 14.4. The first-order valence-corrected chi connectivity index (χ1v) is 12.8. The normalized spacial score (nSPS) is 23.6. The minimum Gasteiger partial charge on any atom is -0.342 e. The number of carbonyl (C=O) groups is 1. The van der Waals surface area contributed by atoms with Crippen molar-refractivity contribution in [1.29, 1.82) is 0 Å². The topological polar surface area (TPSA) is 66.5 Å². The number of hydrogen-bond donors (Lipinski definition) is 1. The zero-order valence-electron chi connectivity index (χ0n) is 18.1. The van der Waals surface area contributed by atoms with Gasteiger partial charge in [0.15, 0.2) is 0 Å². The molecule has 0 radical (unpaired) electrons. The highest BCUT2D eigenvalue weighted by Crippen LogP contribution is 2.51. The van der Waals surface area contributed by atoms with Crippen molar-refractivity contribution in [3.63, 3.8) is 0 Å². The quantitative estimate of drug-likeness (QED) is 0.704. The molecule has 1 aliphatic carbocycles. The van der Waals surface area contributed by atoms with Crippen molar-refractivity contribution in [3.8, 4) is 11.1 Å². The molecule has 172 valence electrons. The van der Waals surface area contributed by atoms with E-state index in [1.807, 2.05) is 17.0 Å². The highest BCUT2D eigenvalue weighted by Gasteiger charge is 2.47. The smallest absolute Gasteiger partial charge is 0.226 e. The lowest BCUT2D eigenvalue weighted by atomic mass is 9.95. The van der Waals surface area contributed by atoms with Gasteiger partial charge >= 0.3 is 0 Å². The van der Waals surface area contributed by atoms with Crippen molar-refractivity contribution in [2.75, 3.05) is 18.8 Å². The molecule has 1 saturated carbocycles. The summed E-state index contributed by atoms with van der Waals surface area (Å²) in [7, 11) is -3.27. The van der Waals surface area contributed by atoms with Crippen molar-refractivity contribution in [3.05, 3.63) is 59.7 Å². The Morgan fingerprint density at radius 3 is 2.50 bits per heavy atom. The Bertz CT molecular complexity index is 1090. The van der Waals surface area contributed by atoms with E-state index in [2.05, 4.69) is 4.72 Å². The molecule has 3 atom stereocenters. The fraction of sp³-hybridized carbons (Fsp3) is 0.458. The van der Waals surface area contributed by atoms with Crippen LogP contribution in [0.4, 0.5) is 8.78 Å². The maximum Gasteiger partial charge on any atom is 0.226 e. The lowest BCUT2D eigenvalue weighted by Gasteiger charge is -2.21. The van der Waals surface area contributed by atoms with E-state index in [9.17, 15) is 22.0 Å². The van der Waals surface area contributed by atoms with Gasteiger partial charge in [-0.1, -0.05) is 30.3 Å². The van der Waals surface area contributed by atoms with Gasteiger partial charge in [0.1, 0.15) is 11.6 Å². The summed E-state index contributed by atoms with van der Waals surface area (Å²) >= 11 is 0. The van der Waals surface area contributed by atoms with Crippen LogP contribution in [0.1, 0.15) is 44.1 Å². The summed E-state index contributed by atoms with van der Waals surface area (Å²) < 4.78 is 55.3. The van der Waals surface area contributed by atoms with Crippen LogP contribution in [0.25, 0.3) is 11.1 Å². The first kappa shape index (κ1) is 22.9. The number of sulfonamides is 1. The average molecular weight is 463 g/mol. The lowest BCUT2D eigenvalue weighted by Crippen LogP contribution is -2.37. The van der Waals surface area contributed by atoms with Gasteiger partial charge in [-0.15, -0.1) is 0 Å². The second-order valence-corrected chi connectivity index (χ2v) is 10.6. The molecule has 0 spiro atoms. The van der Waals surface area contributed by atoms with Gasteiger partial charge in [-0.3, -0.25) is 4.79 Å². The van der Waals surface area contributed by atoms with Crippen molar-refractivity contribution in [1.82, 2.24) is 9.62 Å². The van der Waals surface area contributed by atoms with Crippen molar-refractivity contribution in [2.45, 2.75) is 44.6 Å². The van der Waals surface area contributed by atoms with Gasteiger partial charge in [-0.05, 0) is 61.8 Å². The molecule has 0 aromatic heterocycles.